The monoisotopic (exact) mass is 171 g/mol. The van der Waals surface area contributed by atoms with E-state index < -0.39 is 0 Å². The zero-order valence-electron chi connectivity index (χ0n) is 8.26. The topological polar surface area (TPSA) is 29.5 Å². The fourth-order valence-corrected chi connectivity index (χ4v) is 1.56. The Labute approximate surface area is 73.7 Å². The molecule has 1 aliphatic rings. The summed E-state index contributed by atoms with van der Waals surface area (Å²) in [5, 5.41) is 0. The molecule has 3 heteroatoms. The summed E-state index contributed by atoms with van der Waals surface area (Å²) in [6.45, 7) is 4.62. The second kappa shape index (κ2) is 3.05. The number of amides is 1. The fourth-order valence-electron chi connectivity index (χ4n) is 1.56. The van der Waals surface area contributed by atoms with Crippen molar-refractivity contribution in [3.63, 3.8) is 0 Å². The second-order valence-corrected chi connectivity index (χ2v) is 4.20. The van der Waals surface area contributed by atoms with Crippen molar-refractivity contribution in [2.24, 2.45) is 5.92 Å². The number of rotatable bonds is 1. The lowest BCUT2D eigenvalue weighted by molar-refractivity contribution is -0.132. The van der Waals surface area contributed by atoms with Gasteiger partial charge in [0.25, 0.3) is 0 Å². The van der Waals surface area contributed by atoms with Crippen LogP contribution < -0.4 is 0 Å². The highest BCUT2D eigenvalue weighted by molar-refractivity contribution is 5.78. The van der Waals surface area contributed by atoms with E-state index in [1.165, 1.54) is 0 Å². The molecular weight excluding hydrogens is 154 g/mol. The van der Waals surface area contributed by atoms with E-state index in [9.17, 15) is 4.79 Å². The SMILES string of the molecule is CN(C)C(=O)[C@H]1COC(C)(C)C1. The number of hydrogen-bond donors (Lipinski definition) is 0. The Bertz CT molecular complexity index is 187. The molecular formula is C9H17NO2. The van der Waals surface area contributed by atoms with Gasteiger partial charge in [-0.05, 0) is 20.3 Å². The molecule has 3 nitrogen and oxygen atoms in total. The summed E-state index contributed by atoms with van der Waals surface area (Å²) in [7, 11) is 3.57. The molecule has 1 fully saturated rings. The summed E-state index contributed by atoms with van der Waals surface area (Å²) >= 11 is 0. The van der Waals surface area contributed by atoms with Gasteiger partial charge in [0.15, 0.2) is 0 Å². The van der Waals surface area contributed by atoms with Gasteiger partial charge in [0, 0.05) is 14.1 Å². The van der Waals surface area contributed by atoms with Gasteiger partial charge in [0.2, 0.25) is 5.91 Å². The molecule has 70 valence electrons. The van der Waals surface area contributed by atoms with Crippen LogP contribution in [0, 0.1) is 5.92 Å². The molecule has 0 aromatic carbocycles. The summed E-state index contributed by atoms with van der Waals surface area (Å²) in [4.78, 5) is 13.1. The molecule has 1 saturated heterocycles. The Balaban J connectivity index is 2.53. The van der Waals surface area contributed by atoms with Crippen molar-refractivity contribution in [2.75, 3.05) is 20.7 Å². The molecule has 0 saturated carbocycles. The van der Waals surface area contributed by atoms with Crippen molar-refractivity contribution in [2.45, 2.75) is 25.9 Å². The van der Waals surface area contributed by atoms with E-state index in [1.54, 1.807) is 19.0 Å². The van der Waals surface area contributed by atoms with Crippen LogP contribution in [0.3, 0.4) is 0 Å². The van der Waals surface area contributed by atoms with Crippen molar-refractivity contribution in [1.82, 2.24) is 4.90 Å². The zero-order valence-corrected chi connectivity index (χ0v) is 8.26. The van der Waals surface area contributed by atoms with Gasteiger partial charge < -0.3 is 9.64 Å². The lowest BCUT2D eigenvalue weighted by Crippen LogP contribution is -2.30. The number of carbonyl (C=O) groups excluding carboxylic acids is 1. The molecule has 1 rings (SSSR count). The summed E-state index contributed by atoms with van der Waals surface area (Å²) < 4.78 is 5.48. The Kier molecular flexibility index (Phi) is 2.42. The highest BCUT2D eigenvalue weighted by atomic mass is 16.5. The predicted octanol–water partition coefficient (Wildman–Crippen LogP) is 0.890. The Hall–Kier alpha value is -0.570. The molecule has 1 heterocycles. The standard InChI is InChI=1S/C9H17NO2/c1-9(2)5-7(6-12-9)8(11)10(3)4/h7H,5-6H2,1-4H3/t7-/m1/s1. The van der Waals surface area contributed by atoms with Crippen molar-refractivity contribution >= 4 is 5.91 Å². The van der Waals surface area contributed by atoms with Crippen LogP contribution in [0.2, 0.25) is 0 Å². The predicted molar refractivity (Wildman–Crippen MR) is 46.8 cm³/mol. The van der Waals surface area contributed by atoms with E-state index in [0.717, 1.165) is 6.42 Å². The van der Waals surface area contributed by atoms with Gasteiger partial charge in [-0.3, -0.25) is 4.79 Å². The Morgan fingerprint density at radius 3 is 2.42 bits per heavy atom. The summed E-state index contributed by atoms with van der Waals surface area (Å²) in [6.07, 6.45) is 0.837. The molecule has 0 aliphatic carbocycles. The van der Waals surface area contributed by atoms with Crippen LogP contribution >= 0.6 is 0 Å². The van der Waals surface area contributed by atoms with Gasteiger partial charge in [0.05, 0.1) is 18.1 Å². The number of carbonyl (C=O) groups is 1. The number of hydrogen-bond acceptors (Lipinski definition) is 2. The van der Waals surface area contributed by atoms with Gasteiger partial charge in [-0.1, -0.05) is 0 Å². The maximum absolute atomic E-state index is 11.5. The van der Waals surface area contributed by atoms with Crippen LogP contribution in [0.5, 0.6) is 0 Å². The molecule has 0 unspecified atom stereocenters. The van der Waals surface area contributed by atoms with Crippen LogP contribution in [0.25, 0.3) is 0 Å². The molecule has 1 amide bonds. The van der Waals surface area contributed by atoms with Crippen LogP contribution in [0.1, 0.15) is 20.3 Å². The van der Waals surface area contributed by atoms with Crippen LogP contribution in [-0.2, 0) is 9.53 Å². The first-order chi connectivity index (χ1) is 5.42. The summed E-state index contributed by atoms with van der Waals surface area (Å²) in [6, 6.07) is 0. The molecule has 12 heavy (non-hydrogen) atoms. The Morgan fingerprint density at radius 2 is 2.08 bits per heavy atom. The first-order valence-corrected chi connectivity index (χ1v) is 4.27. The summed E-state index contributed by atoms with van der Waals surface area (Å²) in [5.74, 6) is 0.246. The number of nitrogens with zero attached hydrogens (tertiary/aromatic N) is 1. The lowest BCUT2D eigenvalue weighted by Gasteiger charge is -2.17. The molecule has 1 aliphatic heterocycles. The van der Waals surface area contributed by atoms with E-state index >= 15 is 0 Å². The van der Waals surface area contributed by atoms with Crippen molar-refractivity contribution < 1.29 is 9.53 Å². The second-order valence-electron chi connectivity index (χ2n) is 4.20. The molecule has 0 spiro atoms. The van der Waals surface area contributed by atoms with Crippen molar-refractivity contribution in [1.29, 1.82) is 0 Å². The van der Waals surface area contributed by atoms with Gasteiger partial charge >= 0.3 is 0 Å². The van der Waals surface area contributed by atoms with Gasteiger partial charge in [-0.2, -0.15) is 0 Å². The van der Waals surface area contributed by atoms with E-state index in [1.807, 2.05) is 13.8 Å². The normalized spacial score (nSPS) is 27.2. The highest BCUT2D eigenvalue weighted by Crippen LogP contribution is 2.29. The van der Waals surface area contributed by atoms with Crippen LogP contribution in [0.4, 0.5) is 0 Å². The zero-order chi connectivity index (χ0) is 9.35. The first-order valence-electron chi connectivity index (χ1n) is 4.27. The maximum atomic E-state index is 11.5. The van der Waals surface area contributed by atoms with Gasteiger partial charge in [-0.15, -0.1) is 0 Å². The molecule has 1 atom stereocenters. The highest BCUT2D eigenvalue weighted by Gasteiger charge is 2.36. The van der Waals surface area contributed by atoms with E-state index in [0.29, 0.717) is 6.61 Å². The molecule has 0 aromatic rings. The largest absolute Gasteiger partial charge is 0.375 e. The molecule has 0 radical (unpaired) electrons. The third kappa shape index (κ3) is 1.97. The van der Waals surface area contributed by atoms with E-state index in [-0.39, 0.29) is 17.4 Å². The minimum atomic E-state index is -0.115. The molecule has 0 bridgehead atoms. The third-order valence-corrected chi connectivity index (χ3v) is 2.20. The smallest absolute Gasteiger partial charge is 0.227 e. The minimum Gasteiger partial charge on any atom is -0.375 e. The van der Waals surface area contributed by atoms with Gasteiger partial charge in [-0.25, -0.2) is 0 Å². The van der Waals surface area contributed by atoms with E-state index in [2.05, 4.69) is 0 Å². The lowest BCUT2D eigenvalue weighted by atomic mass is 9.97. The average molecular weight is 171 g/mol. The van der Waals surface area contributed by atoms with Crippen molar-refractivity contribution in [3.8, 4) is 0 Å². The number of ether oxygens (including phenoxy) is 1. The summed E-state index contributed by atoms with van der Waals surface area (Å²) in [5.41, 5.74) is -0.115. The fraction of sp³-hybridized carbons (Fsp3) is 0.889. The van der Waals surface area contributed by atoms with Crippen molar-refractivity contribution in [3.05, 3.63) is 0 Å². The van der Waals surface area contributed by atoms with E-state index in [4.69, 9.17) is 4.74 Å². The average Bonchev–Trinajstić information content (AvgIpc) is 2.28. The Morgan fingerprint density at radius 1 is 1.50 bits per heavy atom. The van der Waals surface area contributed by atoms with Crippen LogP contribution in [-0.4, -0.2) is 37.1 Å². The third-order valence-electron chi connectivity index (χ3n) is 2.20. The molecule has 0 N–H and O–H groups in total. The molecule has 0 aromatic heterocycles. The maximum Gasteiger partial charge on any atom is 0.227 e. The first kappa shape index (κ1) is 9.52. The quantitative estimate of drug-likeness (QED) is 0.586. The van der Waals surface area contributed by atoms with Crippen LogP contribution in [0.15, 0.2) is 0 Å². The minimum absolute atomic E-state index is 0.0648. The van der Waals surface area contributed by atoms with Gasteiger partial charge in [0.1, 0.15) is 0 Å².